The molecule has 0 fully saturated rings. The van der Waals surface area contributed by atoms with Crippen molar-refractivity contribution < 1.29 is 4.79 Å². The molecule has 1 unspecified atom stereocenters. The third-order valence-corrected chi connectivity index (χ3v) is 3.67. The van der Waals surface area contributed by atoms with E-state index in [1.54, 1.807) is 4.90 Å². The molecule has 0 N–H and O–H groups in total. The molecule has 1 aromatic carbocycles. The molecule has 0 bridgehead atoms. The van der Waals surface area contributed by atoms with Crippen LogP contribution in [0.3, 0.4) is 0 Å². The van der Waals surface area contributed by atoms with E-state index in [2.05, 4.69) is 29.8 Å². The van der Waals surface area contributed by atoms with Gasteiger partial charge in [0.25, 0.3) is 5.91 Å². The Balaban J connectivity index is 2.85. The van der Waals surface area contributed by atoms with Crippen LogP contribution in [0.5, 0.6) is 0 Å². The minimum absolute atomic E-state index is 0.0841. The SMILES string of the molecule is CCC(C)CN(C)C(=O)c1cc(C)ccc1Br. The van der Waals surface area contributed by atoms with Crippen LogP contribution in [0.25, 0.3) is 0 Å². The van der Waals surface area contributed by atoms with Gasteiger partial charge in [-0.1, -0.05) is 31.9 Å². The van der Waals surface area contributed by atoms with E-state index in [4.69, 9.17) is 0 Å². The number of benzene rings is 1. The lowest BCUT2D eigenvalue weighted by Gasteiger charge is -2.21. The minimum Gasteiger partial charge on any atom is -0.341 e. The first-order chi connectivity index (χ1) is 7.95. The summed E-state index contributed by atoms with van der Waals surface area (Å²) in [4.78, 5) is 14.1. The summed E-state index contributed by atoms with van der Waals surface area (Å²) in [5.74, 6) is 0.619. The highest BCUT2D eigenvalue weighted by Crippen LogP contribution is 2.20. The van der Waals surface area contributed by atoms with Crippen molar-refractivity contribution in [3.8, 4) is 0 Å². The quantitative estimate of drug-likeness (QED) is 0.826. The van der Waals surface area contributed by atoms with Gasteiger partial charge in [-0.25, -0.2) is 0 Å². The van der Waals surface area contributed by atoms with Crippen LogP contribution in [0, 0.1) is 12.8 Å². The second-order valence-electron chi connectivity index (χ2n) is 4.68. The van der Waals surface area contributed by atoms with Gasteiger partial charge in [-0.05, 0) is 40.9 Å². The summed E-state index contributed by atoms with van der Waals surface area (Å²) in [6, 6.07) is 5.86. The lowest BCUT2D eigenvalue weighted by molar-refractivity contribution is 0.0774. The van der Waals surface area contributed by atoms with Gasteiger partial charge in [0.1, 0.15) is 0 Å². The molecule has 0 spiro atoms. The first-order valence-electron chi connectivity index (χ1n) is 5.97. The lowest BCUT2D eigenvalue weighted by atomic mass is 10.1. The number of hydrogen-bond donors (Lipinski definition) is 0. The van der Waals surface area contributed by atoms with Crippen molar-refractivity contribution >= 4 is 21.8 Å². The maximum absolute atomic E-state index is 12.3. The summed E-state index contributed by atoms with van der Waals surface area (Å²) in [6.45, 7) is 7.11. The van der Waals surface area contributed by atoms with Gasteiger partial charge in [0.2, 0.25) is 0 Å². The highest BCUT2D eigenvalue weighted by atomic mass is 79.9. The molecule has 0 heterocycles. The Morgan fingerprint density at radius 2 is 2.12 bits per heavy atom. The van der Waals surface area contributed by atoms with Crippen LogP contribution in [0.2, 0.25) is 0 Å². The Bertz CT molecular complexity index is 403. The van der Waals surface area contributed by atoms with Crippen LogP contribution in [0.4, 0.5) is 0 Å². The van der Waals surface area contributed by atoms with Crippen LogP contribution in [0.1, 0.15) is 36.2 Å². The molecule has 3 heteroatoms. The standard InChI is InChI=1S/C14H20BrNO/c1-5-10(2)9-16(4)14(17)12-8-11(3)6-7-13(12)15/h6-8,10H,5,9H2,1-4H3. The van der Waals surface area contributed by atoms with Gasteiger partial charge in [0, 0.05) is 18.1 Å². The summed E-state index contributed by atoms with van der Waals surface area (Å²) >= 11 is 3.44. The molecule has 1 rings (SSSR count). The monoisotopic (exact) mass is 297 g/mol. The van der Waals surface area contributed by atoms with E-state index in [1.165, 1.54) is 0 Å². The van der Waals surface area contributed by atoms with Crippen molar-refractivity contribution in [1.29, 1.82) is 0 Å². The van der Waals surface area contributed by atoms with E-state index < -0.39 is 0 Å². The predicted molar refractivity (Wildman–Crippen MR) is 75.3 cm³/mol. The molecule has 1 atom stereocenters. The maximum Gasteiger partial charge on any atom is 0.254 e. The van der Waals surface area contributed by atoms with E-state index in [1.807, 2.05) is 32.2 Å². The zero-order chi connectivity index (χ0) is 13.0. The van der Waals surface area contributed by atoms with Crippen LogP contribution >= 0.6 is 15.9 Å². The number of carbonyl (C=O) groups is 1. The first kappa shape index (κ1) is 14.2. The summed E-state index contributed by atoms with van der Waals surface area (Å²) < 4.78 is 0.865. The fourth-order valence-corrected chi connectivity index (χ4v) is 2.10. The highest BCUT2D eigenvalue weighted by molar-refractivity contribution is 9.10. The Morgan fingerprint density at radius 1 is 1.47 bits per heavy atom. The van der Waals surface area contributed by atoms with E-state index in [0.29, 0.717) is 5.92 Å². The van der Waals surface area contributed by atoms with Gasteiger partial charge in [0.15, 0.2) is 0 Å². The molecule has 17 heavy (non-hydrogen) atoms. The molecule has 2 nitrogen and oxygen atoms in total. The molecule has 0 aliphatic rings. The second kappa shape index (κ2) is 6.20. The van der Waals surface area contributed by atoms with Gasteiger partial charge < -0.3 is 4.90 Å². The summed E-state index contributed by atoms with van der Waals surface area (Å²) in [7, 11) is 1.86. The average molecular weight is 298 g/mol. The van der Waals surface area contributed by atoms with E-state index >= 15 is 0 Å². The van der Waals surface area contributed by atoms with Crippen molar-refractivity contribution in [2.24, 2.45) is 5.92 Å². The first-order valence-corrected chi connectivity index (χ1v) is 6.76. The summed E-state index contributed by atoms with van der Waals surface area (Å²) in [5.41, 5.74) is 1.85. The molecular weight excluding hydrogens is 278 g/mol. The zero-order valence-electron chi connectivity index (χ0n) is 11.0. The zero-order valence-corrected chi connectivity index (χ0v) is 12.5. The van der Waals surface area contributed by atoms with Crippen molar-refractivity contribution in [3.05, 3.63) is 33.8 Å². The Morgan fingerprint density at radius 3 is 2.71 bits per heavy atom. The third-order valence-electron chi connectivity index (χ3n) is 2.98. The van der Waals surface area contributed by atoms with Crippen molar-refractivity contribution in [2.45, 2.75) is 27.2 Å². The average Bonchev–Trinajstić information content (AvgIpc) is 2.31. The summed E-state index contributed by atoms with van der Waals surface area (Å²) in [6.07, 6.45) is 1.09. The molecule has 0 aliphatic carbocycles. The lowest BCUT2D eigenvalue weighted by Crippen LogP contribution is -2.31. The molecule has 0 saturated heterocycles. The molecular formula is C14H20BrNO. The van der Waals surface area contributed by atoms with Gasteiger partial charge >= 0.3 is 0 Å². The van der Waals surface area contributed by atoms with Crippen molar-refractivity contribution in [2.75, 3.05) is 13.6 Å². The molecule has 94 valence electrons. The molecule has 0 aliphatic heterocycles. The molecule has 1 aromatic rings. The number of halogens is 1. The largest absolute Gasteiger partial charge is 0.341 e. The fraction of sp³-hybridized carbons (Fsp3) is 0.500. The fourth-order valence-electron chi connectivity index (χ4n) is 1.69. The van der Waals surface area contributed by atoms with Crippen LogP contribution in [0.15, 0.2) is 22.7 Å². The van der Waals surface area contributed by atoms with Gasteiger partial charge in [-0.15, -0.1) is 0 Å². The smallest absolute Gasteiger partial charge is 0.254 e. The number of aryl methyl sites for hydroxylation is 1. The van der Waals surface area contributed by atoms with Crippen molar-refractivity contribution in [1.82, 2.24) is 4.90 Å². The highest BCUT2D eigenvalue weighted by Gasteiger charge is 2.16. The van der Waals surface area contributed by atoms with Gasteiger partial charge in [0.05, 0.1) is 5.56 Å². The van der Waals surface area contributed by atoms with Gasteiger partial charge in [-0.3, -0.25) is 4.79 Å². The van der Waals surface area contributed by atoms with Crippen LogP contribution in [-0.2, 0) is 0 Å². The Hall–Kier alpha value is -0.830. The number of rotatable bonds is 4. The third kappa shape index (κ3) is 3.84. The topological polar surface area (TPSA) is 20.3 Å². The number of carbonyl (C=O) groups excluding carboxylic acids is 1. The van der Waals surface area contributed by atoms with E-state index in [0.717, 1.165) is 28.6 Å². The number of hydrogen-bond acceptors (Lipinski definition) is 1. The molecule has 0 aromatic heterocycles. The van der Waals surface area contributed by atoms with Crippen LogP contribution in [-0.4, -0.2) is 24.4 Å². The summed E-state index contributed by atoms with van der Waals surface area (Å²) in [5, 5.41) is 0. The molecule has 0 saturated carbocycles. The van der Waals surface area contributed by atoms with E-state index in [-0.39, 0.29) is 5.91 Å². The number of nitrogens with zero attached hydrogens (tertiary/aromatic N) is 1. The Kier molecular flexibility index (Phi) is 5.19. The van der Waals surface area contributed by atoms with E-state index in [9.17, 15) is 4.79 Å². The Labute approximate surface area is 112 Å². The minimum atomic E-state index is 0.0841. The van der Waals surface area contributed by atoms with Crippen molar-refractivity contribution in [3.63, 3.8) is 0 Å². The van der Waals surface area contributed by atoms with Gasteiger partial charge in [-0.2, -0.15) is 0 Å². The molecule has 0 radical (unpaired) electrons. The number of amides is 1. The predicted octanol–water partition coefficient (Wildman–Crippen LogP) is 3.88. The maximum atomic E-state index is 12.3. The van der Waals surface area contributed by atoms with Crippen LogP contribution < -0.4 is 0 Å². The molecule has 1 amide bonds. The normalized spacial score (nSPS) is 12.3. The second-order valence-corrected chi connectivity index (χ2v) is 5.54.